The topological polar surface area (TPSA) is 75.6 Å². The number of carbonyl (C=O) groups excluding carboxylic acids is 1. The maximum atomic E-state index is 12.5. The highest BCUT2D eigenvalue weighted by atomic mass is 16.1. The molecule has 2 aromatic carbocycles. The molecule has 0 unspecified atom stereocenters. The molecule has 1 aliphatic heterocycles. The van der Waals surface area contributed by atoms with Crippen molar-refractivity contribution in [2.24, 2.45) is 0 Å². The van der Waals surface area contributed by atoms with Crippen LogP contribution in [0.1, 0.15) is 43.5 Å². The molecule has 6 nitrogen and oxygen atoms in total. The summed E-state index contributed by atoms with van der Waals surface area (Å²) >= 11 is 0. The lowest BCUT2D eigenvalue weighted by molar-refractivity contribution is -0.116. The zero-order valence-electron chi connectivity index (χ0n) is 17.6. The van der Waals surface area contributed by atoms with Crippen LogP contribution in [0.25, 0.3) is 22.3 Å². The van der Waals surface area contributed by atoms with Crippen molar-refractivity contribution in [2.75, 3.05) is 5.32 Å². The zero-order valence-corrected chi connectivity index (χ0v) is 17.6. The van der Waals surface area contributed by atoms with Crippen molar-refractivity contribution < 1.29 is 4.79 Å². The van der Waals surface area contributed by atoms with Crippen molar-refractivity contribution in [1.29, 1.82) is 0 Å². The first kappa shape index (κ1) is 19.5. The quantitative estimate of drug-likeness (QED) is 0.461. The van der Waals surface area contributed by atoms with Gasteiger partial charge < -0.3 is 14.9 Å². The molecule has 0 radical (unpaired) electrons. The number of rotatable bonds is 6. The number of fused-ring (bicyclic) bond motifs is 2. The minimum Gasteiger partial charge on any atom is -0.361 e. The van der Waals surface area contributed by atoms with Gasteiger partial charge >= 0.3 is 0 Å². The van der Waals surface area contributed by atoms with Gasteiger partial charge in [-0.3, -0.25) is 4.79 Å². The van der Waals surface area contributed by atoms with E-state index in [1.165, 1.54) is 23.8 Å². The van der Waals surface area contributed by atoms with Gasteiger partial charge in [0.15, 0.2) is 5.82 Å². The summed E-state index contributed by atoms with van der Waals surface area (Å²) in [6.45, 7) is 0.960. The van der Waals surface area contributed by atoms with Gasteiger partial charge in [0.2, 0.25) is 5.91 Å². The summed E-state index contributed by atoms with van der Waals surface area (Å²) in [5.41, 5.74) is 4.21. The van der Waals surface area contributed by atoms with E-state index in [-0.39, 0.29) is 5.91 Å². The van der Waals surface area contributed by atoms with E-state index < -0.39 is 0 Å². The van der Waals surface area contributed by atoms with Gasteiger partial charge in [0.1, 0.15) is 5.82 Å². The minimum absolute atomic E-state index is 0.0389. The number of aromatic amines is 1. The Balaban J connectivity index is 1.22. The molecule has 0 saturated carbocycles. The van der Waals surface area contributed by atoms with Gasteiger partial charge in [-0.25, -0.2) is 0 Å². The van der Waals surface area contributed by atoms with E-state index in [2.05, 4.69) is 37.2 Å². The molecule has 0 aliphatic carbocycles. The van der Waals surface area contributed by atoms with Crippen LogP contribution in [0.3, 0.4) is 0 Å². The van der Waals surface area contributed by atoms with E-state index >= 15 is 0 Å². The van der Waals surface area contributed by atoms with Gasteiger partial charge in [0.25, 0.3) is 0 Å². The maximum absolute atomic E-state index is 12.5. The largest absolute Gasteiger partial charge is 0.361 e. The molecule has 0 saturated heterocycles. The van der Waals surface area contributed by atoms with Crippen LogP contribution in [-0.4, -0.2) is 25.7 Å². The Bertz CT molecular complexity index is 1210. The molecule has 2 N–H and O–H groups in total. The number of nitrogens with one attached hydrogen (secondary N) is 2. The van der Waals surface area contributed by atoms with E-state index in [0.717, 1.165) is 60.6 Å². The van der Waals surface area contributed by atoms with Crippen LogP contribution in [0.5, 0.6) is 0 Å². The highest BCUT2D eigenvalue weighted by Crippen LogP contribution is 2.25. The first-order valence-electron chi connectivity index (χ1n) is 11.2. The van der Waals surface area contributed by atoms with Crippen molar-refractivity contribution in [2.45, 2.75) is 51.5 Å². The molecular formula is C25H27N5O. The molecular weight excluding hydrogens is 386 g/mol. The highest BCUT2D eigenvalue weighted by Gasteiger charge is 2.16. The summed E-state index contributed by atoms with van der Waals surface area (Å²) in [5, 5.41) is 13.1. The standard InChI is InChI=1S/C25H27N5O/c31-24(14-7-9-19-17-26-22-12-4-3-11-21(19)22)27-20-10-6-8-18(16-20)25-29-28-23-13-2-1-5-15-30(23)25/h3-4,6,8,10-12,16-17,26H,1-2,5,7,9,13-15H2,(H,27,31). The fourth-order valence-electron chi connectivity index (χ4n) is 4.44. The molecule has 6 heteroatoms. The Morgan fingerprint density at radius 3 is 2.97 bits per heavy atom. The summed E-state index contributed by atoms with van der Waals surface area (Å²) in [4.78, 5) is 15.8. The molecule has 0 spiro atoms. The number of hydrogen-bond acceptors (Lipinski definition) is 3. The summed E-state index contributed by atoms with van der Waals surface area (Å²) in [7, 11) is 0. The van der Waals surface area contributed by atoms with Crippen LogP contribution in [-0.2, 0) is 24.2 Å². The van der Waals surface area contributed by atoms with Crippen molar-refractivity contribution in [3.63, 3.8) is 0 Å². The first-order valence-corrected chi connectivity index (χ1v) is 11.2. The van der Waals surface area contributed by atoms with Crippen LogP contribution in [0.15, 0.2) is 54.7 Å². The van der Waals surface area contributed by atoms with E-state index in [9.17, 15) is 4.79 Å². The van der Waals surface area contributed by atoms with Gasteiger partial charge in [-0.1, -0.05) is 36.8 Å². The van der Waals surface area contributed by atoms with Crippen molar-refractivity contribution in [3.05, 3.63) is 66.1 Å². The number of carbonyl (C=O) groups is 1. The summed E-state index contributed by atoms with van der Waals surface area (Å²) in [6, 6.07) is 16.2. The van der Waals surface area contributed by atoms with Crippen molar-refractivity contribution in [1.82, 2.24) is 19.7 Å². The van der Waals surface area contributed by atoms with E-state index in [0.29, 0.717) is 6.42 Å². The van der Waals surface area contributed by atoms with Gasteiger partial charge in [-0.05, 0) is 49.4 Å². The van der Waals surface area contributed by atoms with Crippen LogP contribution >= 0.6 is 0 Å². The molecule has 0 atom stereocenters. The Morgan fingerprint density at radius 2 is 2.00 bits per heavy atom. The van der Waals surface area contributed by atoms with Crippen LogP contribution in [0.4, 0.5) is 5.69 Å². The number of amides is 1. The third kappa shape index (κ3) is 4.24. The fourth-order valence-corrected chi connectivity index (χ4v) is 4.44. The molecule has 0 bridgehead atoms. The van der Waals surface area contributed by atoms with Crippen molar-refractivity contribution in [3.8, 4) is 11.4 Å². The number of nitrogens with zero attached hydrogens (tertiary/aromatic N) is 3. The smallest absolute Gasteiger partial charge is 0.224 e. The monoisotopic (exact) mass is 413 g/mol. The molecule has 5 rings (SSSR count). The lowest BCUT2D eigenvalue weighted by Gasteiger charge is -2.09. The Kier molecular flexibility index (Phi) is 5.52. The van der Waals surface area contributed by atoms with Gasteiger partial charge in [0.05, 0.1) is 0 Å². The average molecular weight is 414 g/mol. The Hall–Kier alpha value is -3.41. The molecule has 4 aromatic rings. The summed E-state index contributed by atoms with van der Waals surface area (Å²) in [5.74, 6) is 2.00. The van der Waals surface area contributed by atoms with Gasteiger partial charge in [0, 0.05) is 47.7 Å². The van der Waals surface area contributed by atoms with Gasteiger partial charge in [-0.15, -0.1) is 10.2 Å². The molecule has 2 aromatic heterocycles. The predicted molar refractivity (Wildman–Crippen MR) is 123 cm³/mol. The lowest BCUT2D eigenvalue weighted by atomic mass is 10.1. The lowest BCUT2D eigenvalue weighted by Crippen LogP contribution is -2.11. The second kappa shape index (κ2) is 8.76. The molecule has 158 valence electrons. The maximum Gasteiger partial charge on any atom is 0.224 e. The van der Waals surface area contributed by atoms with E-state index in [1.807, 2.05) is 42.6 Å². The van der Waals surface area contributed by atoms with Crippen molar-refractivity contribution >= 4 is 22.5 Å². The SMILES string of the molecule is O=C(CCCc1c[nH]c2ccccc12)Nc1cccc(-c2nnc3n2CCCCC3)c1. The second-order valence-electron chi connectivity index (χ2n) is 8.24. The van der Waals surface area contributed by atoms with E-state index in [4.69, 9.17) is 0 Å². The molecule has 31 heavy (non-hydrogen) atoms. The number of hydrogen-bond donors (Lipinski definition) is 2. The number of anilines is 1. The van der Waals surface area contributed by atoms with Gasteiger partial charge in [-0.2, -0.15) is 0 Å². The van der Waals surface area contributed by atoms with Crippen LogP contribution in [0.2, 0.25) is 0 Å². The number of H-pyrrole nitrogens is 1. The number of aromatic nitrogens is 4. The third-order valence-corrected chi connectivity index (χ3v) is 6.04. The fraction of sp³-hybridized carbons (Fsp3) is 0.320. The van der Waals surface area contributed by atoms with Crippen LogP contribution < -0.4 is 5.32 Å². The predicted octanol–water partition coefficient (Wildman–Crippen LogP) is 5.11. The normalized spacial score (nSPS) is 13.7. The summed E-state index contributed by atoms with van der Waals surface area (Å²) < 4.78 is 2.23. The number of benzene rings is 2. The molecule has 1 aliphatic rings. The van der Waals surface area contributed by atoms with E-state index in [1.54, 1.807) is 0 Å². The number of aryl methyl sites for hydroxylation is 2. The minimum atomic E-state index is 0.0389. The third-order valence-electron chi connectivity index (χ3n) is 6.04. The zero-order chi connectivity index (χ0) is 21.0. The Morgan fingerprint density at radius 1 is 1.06 bits per heavy atom. The highest BCUT2D eigenvalue weighted by molar-refractivity contribution is 5.91. The summed E-state index contributed by atoms with van der Waals surface area (Å²) in [6.07, 6.45) is 8.78. The molecule has 1 amide bonds. The Labute approximate surface area is 181 Å². The first-order chi connectivity index (χ1) is 15.3. The van der Waals surface area contributed by atoms with Crippen LogP contribution in [0, 0.1) is 0 Å². The molecule has 0 fully saturated rings. The second-order valence-corrected chi connectivity index (χ2v) is 8.24. The number of para-hydroxylation sites is 1. The average Bonchev–Trinajstić information content (AvgIpc) is 3.31. The molecule has 3 heterocycles.